The number of rotatable bonds is 3. The second-order valence-electron chi connectivity index (χ2n) is 7.89. The van der Waals surface area contributed by atoms with E-state index in [1.165, 1.54) is 38.5 Å². The van der Waals surface area contributed by atoms with Gasteiger partial charge in [-0.1, -0.05) is 0 Å². The minimum absolute atomic E-state index is 0.0497. The Labute approximate surface area is 126 Å². The summed E-state index contributed by atoms with van der Waals surface area (Å²) in [6, 6.07) is 3.88. The van der Waals surface area contributed by atoms with Crippen molar-refractivity contribution in [2.24, 2.45) is 23.2 Å². The molecule has 1 atom stereocenters. The van der Waals surface area contributed by atoms with Crippen LogP contribution in [-0.2, 0) is 0 Å². The zero-order chi connectivity index (χ0) is 14.6. The monoisotopic (exact) mass is 287 g/mol. The van der Waals surface area contributed by atoms with Crippen LogP contribution in [0, 0.1) is 30.1 Å². The van der Waals surface area contributed by atoms with Gasteiger partial charge in [-0.25, -0.2) is 0 Å². The van der Waals surface area contributed by atoms with Crippen LogP contribution in [0.25, 0.3) is 0 Å². The Kier molecular flexibility index (Phi) is 2.95. The number of furan rings is 1. The first-order valence-electron chi connectivity index (χ1n) is 8.41. The lowest BCUT2D eigenvalue weighted by atomic mass is 9.48. The number of hydrogen-bond donors (Lipinski definition) is 1. The van der Waals surface area contributed by atoms with Crippen LogP contribution in [0.5, 0.6) is 0 Å². The fourth-order valence-corrected chi connectivity index (χ4v) is 5.69. The third kappa shape index (κ3) is 2.21. The molecular weight excluding hydrogens is 262 g/mol. The Morgan fingerprint density at radius 1 is 1.19 bits per heavy atom. The third-order valence-electron chi connectivity index (χ3n) is 6.32. The normalized spacial score (nSPS) is 38.5. The fraction of sp³-hybridized carbons (Fsp3) is 0.722. The molecule has 1 N–H and O–H groups in total. The van der Waals surface area contributed by atoms with Crippen LogP contribution in [0.2, 0.25) is 0 Å². The van der Waals surface area contributed by atoms with Gasteiger partial charge in [0.15, 0.2) is 5.76 Å². The lowest BCUT2D eigenvalue weighted by molar-refractivity contribution is -0.0688. The van der Waals surface area contributed by atoms with Crippen LogP contribution in [-0.4, -0.2) is 11.9 Å². The largest absolute Gasteiger partial charge is 0.456 e. The van der Waals surface area contributed by atoms with Gasteiger partial charge in [-0.3, -0.25) is 4.79 Å². The molecule has 4 bridgehead atoms. The Hall–Kier alpha value is -1.25. The SMILES string of the molecule is Cc1ccc(C(=O)NC(C)C23CC4CC(CC(C4)C2)C3)o1. The first kappa shape index (κ1) is 13.4. The summed E-state index contributed by atoms with van der Waals surface area (Å²) in [4.78, 5) is 12.4. The van der Waals surface area contributed by atoms with Crippen molar-refractivity contribution >= 4 is 5.91 Å². The molecular formula is C18H25NO2. The Bertz CT molecular complexity index is 524. The fourth-order valence-electron chi connectivity index (χ4n) is 5.69. The molecule has 21 heavy (non-hydrogen) atoms. The van der Waals surface area contributed by atoms with E-state index < -0.39 is 0 Å². The zero-order valence-corrected chi connectivity index (χ0v) is 13.0. The van der Waals surface area contributed by atoms with Crippen molar-refractivity contribution in [1.82, 2.24) is 5.32 Å². The van der Waals surface area contributed by atoms with E-state index in [-0.39, 0.29) is 11.9 Å². The summed E-state index contributed by atoms with van der Waals surface area (Å²) < 4.78 is 5.45. The summed E-state index contributed by atoms with van der Waals surface area (Å²) >= 11 is 0. The lowest BCUT2D eigenvalue weighted by Crippen LogP contribution is -2.55. The molecule has 0 spiro atoms. The maximum atomic E-state index is 12.4. The Balaban J connectivity index is 1.50. The van der Waals surface area contributed by atoms with Crippen LogP contribution in [0.1, 0.15) is 61.8 Å². The highest BCUT2D eigenvalue weighted by Crippen LogP contribution is 2.61. The molecule has 3 nitrogen and oxygen atoms in total. The number of hydrogen-bond acceptors (Lipinski definition) is 2. The second kappa shape index (κ2) is 4.62. The van der Waals surface area contributed by atoms with E-state index in [9.17, 15) is 4.79 Å². The van der Waals surface area contributed by atoms with E-state index in [0.29, 0.717) is 11.2 Å². The van der Waals surface area contributed by atoms with Gasteiger partial charge in [0.05, 0.1) is 0 Å². The molecule has 4 aliphatic carbocycles. The first-order valence-corrected chi connectivity index (χ1v) is 8.41. The highest BCUT2D eigenvalue weighted by Gasteiger charge is 2.53. The van der Waals surface area contributed by atoms with E-state index in [4.69, 9.17) is 4.42 Å². The van der Waals surface area contributed by atoms with Crippen LogP contribution < -0.4 is 5.32 Å². The smallest absolute Gasteiger partial charge is 0.287 e. The number of amides is 1. The first-order chi connectivity index (χ1) is 10.0. The van der Waals surface area contributed by atoms with E-state index >= 15 is 0 Å². The molecule has 1 amide bonds. The molecule has 4 aliphatic rings. The molecule has 0 aromatic carbocycles. The van der Waals surface area contributed by atoms with Gasteiger partial charge >= 0.3 is 0 Å². The summed E-state index contributed by atoms with van der Waals surface area (Å²) in [5.41, 5.74) is 0.353. The molecule has 0 radical (unpaired) electrons. The molecule has 114 valence electrons. The molecule has 0 saturated heterocycles. The summed E-state index contributed by atoms with van der Waals surface area (Å²) in [6.45, 7) is 4.08. The number of aryl methyl sites for hydroxylation is 1. The predicted octanol–water partition coefficient (Wildman–Crippen LogP) is 3.92. The third-order valence-corrected chi connectivity index (χ3v) is 6.32. The van der Waals surface area contributed by atoms with Crippen molar-refractivity contribution in [3.05, 3.63) is 23.7 Å². The molecule has 1 aromatic heterocycles. The maximum Gasteiger partial charge on any atom is 0.287 e. The molecule has 1 unspecified atom stereocenters. The Morgan fingerprint density at radius 2 is 1.76 bits per heavy atom. The zero-order valence-electron chi connectivity index (χ0n) is 13.0. The molecule has 4 fully saturated rings. The van der Waals surface area contributed by atoms with Crippen molar-refractivity contribution in [3.8, 4) is 0 Å². The summed E-state index contributed by atoms with van der Waals surface area (Å²) in [5, 5.41) is 3.23. The summed E-state index contributed by atoms with van der Waals surface area (Å²) in [7, 11) is 0. The van der Waals surface area contributed by atoms with E-state index in [1.807, 2.05) is 13.0 Å². The highest BCUT2D eigenvalue weighted by molar-refractivity contribution is 5.91. The number of carbonyl (C=O) groups is 1. The lowest BCUT2D eigenvalue weighted by Gasteiger charge is -2.59. The topological polar surface area (TPSA) is 42.2 Å². The maximum absolute atomic E-state index is 12.4. The average molecular weight is 287 g/mol. The number of nitrogens with one attached hydrogen (secondary N) is 1. The van der Waals surface area contributed by atoms with Crippen molar-refractivity contribution in [3.63, 3.8) is 0 Å². The van der Waals surface area contributed by atoms with Crippen LogP contribution >= 0.6 is 0 Å². The van der Waals surface area contributed by atoms with E-state index in [1.54, 1.807) is 6.07 Å². The van der Waals surface area contributed by atoms with Crippen molar-refractivity contribution in [2.75, 3.05) is 0 Å². The summed E-state index contributed by atoms with van der Waals surface area (Å²) in [6.07, 6.45) is 8.28. The highest BCUT2D eigenvalue weighted by atomic mass is 16.3. The van der Waals surface area contributed by atoms with Crippen LogP contribution in [0.4, 0.5) is 0 Å². The quantitative estimate of drug-likeness (QED) is 0.915. The van der Waals surface area contributed by atoms with E-state index in [0.717, 1.165) is 23.5 Å². The van der Waals surface area contributed by atoms with Gasteiger partial charge in [0.25, 0.3) is 5.91 Å². The van der Waals surface area contributed by atoms with Crippen molar-refractivity contribution in [2.45, 2.75) is 58.4 Å². The average Bonchev–Trinajstić information content (AvgIpc) is 2.84. The summed E-state index contributed by atoms with van der Waals surface area (Å²) in [5.74, 6) is 3.95. The molecule has 5 rings (SSSR count). The second-order valence-corrected chi connectivity index (χ2v) is 7.89. The standard InChI is InChI=1S/C18H25NO2/c1-11-3-4-16(21-11)17(20)19-12(2)18-8-13-5-14(9-18)7-15(6-13)10-18/h3-4,12-15H,5-10H2,1-2H3,(H,19,20). The van der Waals surface area contributed by atoms with Gasteiger partial charge in [0.1, 0.15) is 5.76 Å². The van der Waals surface area contributed by atoms with Gasteiger partial charge in [-0.15, -0.1) is 0 Å². The minimum Gasteiger partial charge on any atom is -0.456 e. The molecule has 1 aromatic rings. The molecule has 0 aliphatic heterocycles. The van der Waals surface area contributed by atoms with Crippen LogP contribution in [0.3, 0.4) is 0 Å². The van der Waals surface area contributed by atoms with Gasteiger partial charge in [-0.2, -0.15) is 0 Å². The molecule has 4 saturated carbocycles. The van der Waals surface area contributed by atoms with Gasteiger partial charge in [-0.05, 0) is 87.7 Å². The van der Waals surface area contributed by atoms with Gasteiger partial charge in [0, 0.05) is 6.04 Å². The minimum atomic E-state index is -0.0497. The van der Waals surface area contributed by atoms with Crippen molar-refractivity contribution in [1.29, 1.82) is 0 Å². The molecule has 1 heterocycles. The number of carbonyl (C=O) groups excluding carboxylic acids is 1. The van der Waals surface area contributed by atoms with E-state index in [2.05, 4.69) is 12.2 Å². The van der Waals surface area contributed by atoms with Crippen LogP contribution in [0.15, 0.2) is 16.5 Å². The van der Waals surface area contributed by atoms with Gasteiger partial charge < -0.3 is 9.73 Å². The predicted molar refractivity (Wildman–Crippen MR) is 81.0 cm³/mol. The van der Waals surface area contributed by atoms with Gasteiger partial charge in [0.2, 0.25) is 0 Å². The Morgan fingerprint density at radius 3 is 2.24 bits per heavy atom. The van der Waals surface area contributed by atoms with Crippen molar-refractivity contribution < 1.29 is 9.21 Å². The molecule has 3 heteroatoms.